The molecule has 0 unspecified atom stereocenters. The van der Waals surface area contributed by atoms with Crippen molar-refractivity contribution in [2.45, 2.75) is 49.5 Å². The van der Waals surface area contributed by atoms with Crippen molar-refractivity contribution in [3.8, 4) is 0 Å². The maximum Gasteiger partial charge on any atom is 0.416 e. The third-order valence-electron chi connectivity index (χ3n) is 7.45. The van der Waals surface area contributed by atoms with Gasteiger partial charge < -0.3 is 14.7 Å². The van der Waals surface area contributed by atoms with Crippen LogP contribution in [0.25, 0.3) is 0 Å². The van der Waals surface area contributed by atoms with E-state index in [0.29, 0.717) is 12.0 Å². The molecule has 0 radical (unpaired) electrons. The average Bonchev–Trinajstić information content (AvgIpc) is 3.51. The number of hydrogen-bond acceptors (Lipinski definition) is 6. The fourth-order valence-corrected chi connectivity index (χ4v) is 6.48. The predicted molar refractivity (Wildman–Crippen MR) is 130 cm³/mol. The molecule has 0 N–H and O–H groups in total. The number of piperidine rings is 1. The number of halogens is 3. The molecule has 1 aromatic heterocycles. The molecule has 1 aromatic carbocycles. The number of rotatable bonds is 7. The molecule has 6 nitrogen and oxygen atoms in total. The Hall–Kier alpha value is -1.94. The number of nitrogens with zero attached hydrogens (tertiary/aromatic N) is 6. The maximum absolute atomic E-state index is 12.9. The summed E-state index contributed by atoms with van der Waals surface area (Å²) in [7, 11) is 2.06. The van der Waals surface area contributed by atoms with Crippen LogP contribution in [0.4, 0.5) is 24.8 Å². The summed E-state index contributed by atoms with van der Waals surface area (Å²) in [6.07, 6.45) is 1.66. The van der Waals surface area contributed by atoms with Gasteiger partial charge in [-0.15, -0.1) is 10.2 Å². The van der Waals surface area contributed by atoms with Crippen LogP contribution in [0.1, 0.15) is 37.7 Å². The van der Waals surface area contributed by atoms with E-state index in [1.165, 1.54) is 31.4 Å². The highest BCUT2D eigenvalue weighted by atomic mass is 32.2. The molecule has 3 aliphatic rings. The molecule has 3 fully saturated rings. The molecule has 2 atom stereocenters. The molecule has 3 aliphatic heterocycles. The van der Waals surface area contributed by atoms with Crippen LogP contribution >= 0.6 is 11.8 Å². The molecule has 34 heavy (non-hydrogen) atoms. The van der Waals surface area contributed by atoms with Crippen LogP contribution < -0.4 is 9.80 Å². The Labute approximate surface area is 203 Å². The van der Waals surface area contributed by atoms with Crippen molar-refractivity contribution >= 4 is 23.4 Å². The molecule has 5 rings (SSSR count). The number of anilines is 2. The number of benzene rings is 1. The first kappa shape index (κ1) is 23.8. The first-order valence-electron chi connectivity index (χ1n) is 12.3. The number of alkyl halides is 3. The lowest BCUT2D eigenvalue weighted by Gasteiger charge is -2.27. The summed E-state index contributed by atoms with van der Waals surface area (Å²) in [5, 5.41) is 9.82. The zero-order valence-corrected chi connectivity index (χ0v) is 20.5. The molecule has 4 heterocycles. The van der Waals surface area contributed by atoms with E-state index in [4.69, 9.17) is 0 Å². The number of fused-ring (bicyclic) bond motifs is 1. The molecule has 0 aliphatic carbocycles. The largest absolute Gasteiger partial charge is 0.416 e. The lowest BCUT2D eigenvalue weighted by molar-refractivity contribution is -0.137. The van der Waals surface area contributed by atoms with E-state index in [1.54, 1.807) is 23.9 Å². The summed E-state index contributed by atoms with van der Waals surface area (Å²) in [6.45, 7) is 6.16. The summed E-state index contributed by atoms with van der Waals surface area (Å²) < 4.78 is 40.8. The fourth-order valence-electron chi connectivity index (χ4n) is 5.65. The molecular weight excluding hydrogens is 461 g/mol. The van der Waals surface area contributed by atoms with Crippen molar-refractivity contribution in [3.63, 3.8) is 0 Å². The van der Waals surface area contributed by atoms with Gasteiger partial charge in [-0.1, -0.05) is 11.8 Å². The molecule has 0 bridgehead atoms. The van der Waals surface area contributed by atoms with Crippen molar-refractivity contribution in [2.75, 3.05) is 54.8 Å². The summed E-state index contributed by atoms with van der Waals surface area (Å²) in [5.41, 5.74) is 0.327. The maximum atomic E-state index is 12.9. The van der Waals surface area contributed by atoms with Gasteiger partial charge in [-0.2, -0.15) is 13.2 Å². The third-order valence-corrected chi connectivity index (χ3v) is 8.56. The van der Waals surface area contributed by atoms with Crippen molar-refractivity contribution in [2.24, 2.45) is 13.0 Å². The number of likely N-dealkylation sites (tertiary alicyclic amines) is 1. The molecule has 3 saturated heterocycles. The van der Waals surface area contributed by atoms with Gasteiger partial charge in [0.2, 0.25) is 5.95 Å². The van der Waals surface area contributed by atoms with Crippen LogP contribution in [-0.4, -0.2) is 70.7 Å². The van der Waals surface area contributed by atoms with Gasteiger partial charge in [0.05, 0.1) is 5.56 Å². The molecule has 0 amide bonds. The van der Waals surface area contributed by atoms with Crippen LogP contribution in [-0.2, 0) is 13.2 Å². The Balaban J connectivity index is 1.09. The highest BCUT2D eigenvalue weighted by Gasteiger charge is 2.41. The standard InChI is InChI=1S/C24H33F3N6S/c1-30-22(32-12-3-2-4-13-32)28-29-23(30)34-15-5-11-31-16-18-10-14-33(21(18)17-31)20-8-6-19(7-9-20)24(25,26)27/h6-9,18,21H,2-5,10-17H2,1H3/t18-,21+/m1/s1. The third kappa shape index (κ3) is 5.03. The monoisotopic (exact) mass is 494 g/mol. The van der Waals surface area contributed by atoms with Crippen LogP contribution in [0, 0.1) is 5.92 Å². The highest BCUT2D eigenvalue weighted by molar-refractivity contribution is 7.99. The van der Waals surface area contributed by atoms with E-state index in [0.717, 1.165) is 74.7 Å². The minimum atomic E-state index is -4.28. The Morgan fingerprint density at radius 1 is 1.00 bits per heavy atom. The van der Waals surface area contributed by atoms with E-state index in [1.807, 2.05) is 0 Å². The average molecular weight is 495 g/mol. The van der Waals surface area contributed by atoms with E-state index >= 15 is 0 Å². The minimum absolute atomic E-state index is 0.398. The second-order valence-corrected chi connectivity index (χ2v) is 10.8. The zero-order chi connectivity index (χ0) is 23.7. The van der Waals surface area contributed by atoms with Gasteiger partial charge in [0.15, 0.2) is 5.16 Å². The van der Waals surface area contributed by atoms with Gasteiger partial charge in [-0.3, -0.25) is 4.57 Å². The molecule has 0 spiro atoms. The second kappa shape index (κ2) is 9.97. The van der Waals surface area contributed by atoms with Crippen LogP contribution in [0.15, 0.2) is 29.4 Å². The molecular formula is C24H33F3N6S. The predicted octanol–water partition coefficient (Wildman–Crippen LogP) is 4.52. The number of thioether (sulfide) groups is 1. The molecule has 0 saturated carbocycles. The first-order chi connectivity index (χ1) is 16.4. The van der Waals surface area contributed by atoms with E-state index in [9.17, 15) is 13.2 Å². The van der Waals surface area contributed by atoms with Crippen LogP contribution in [0.3, 0.4) is 0 Å². The number of hydrogen-bond donors (Lipinski definition) is 0. The lowest BCUT2D eigenvalue weighted by atomic mass is 10.0. The molecule has 2 aromatic rings. The molecule has 186 valence electrons. The summed E-state index contributed by atoms with van der Waals surface area (Å²) in [5.74, 6) is 2.58. The number of aromatic nitrogens is 3. The summed E-state index contributed by atoms with van der Waals surface area (Å²) >= 11 is 1.77. The van der Waals surface area contributed by atoms with E-state index in [-0.39, 0.29) is 0 Å². The Kier molecular flexibility index (Phi) is 6.97. The topological polar surface area (TPSA) is 40.4 Å². The van der Waals surface area contributed by atoms with Crippen LogP contribution in [0.5, 0.6) is 0 Å². The highest BCUT2D eigenvalue weighted by Crippen LogP contribution is 2.37. The summed E-state index contributed by atoms with van der Waals surface area (Å²) in [6, 6.07) is 6.06. The fraction of sp³-hybridized carbons (Fsp3) is 0.667. The Morgan fingerprint density at radius 2 is 1.76 bits per heavy atom. The van der Waals surface area contributed by atoms with Gasteiger partial charge in [0, 0.05) is 57.3 Å². The Bertz CT molecular complexity index is 957. The zero-order valence-electron chi connectivity index (χ0n) is 19.7. The van der Waals surface area contributed by atoms with Gasteiger partial charge in [-0.25, -0.2) is 0 Å². The second-order valence-electron chi connectivity index (χ2n) is 9.71. The van der Waals surface area contributed by atoms with Gasteiger partial charge in [-0.05, 0) is 68.8 Å². The van der Waals surface area contributed by atoms with Crippen molar-refractivity contribution < 1.29 is 13.2 Å². The Morgan fingerprint density at radius 3 is 2.50 bits per heavy atom. The normalized spacial score (nSPS) is 23.6. The lowest BCUT2D eigenvalue weighted by Crippen LogP contribution is -2.35. The summed E-state index contributed by atoms with van der Waals surface area (Å²) in [4.78, 5) is 7.16. The SMILES string of the molecule is Cn1c(SCCCN2C[C@H]3CCN(c4ccc(C(F)(F)F)cc4)[C@H]3C2)nnc1N1CCCCC1. The van der Waals surface area contributed by atoms with Crippen molar-refractivity contribution in [1.29, 1.82) is 0 Å². The smallest absolute Gasteiger partial charge is 0.367 e. The van der Waals surface area contributed by atoms with Crippen molar-refractivity contribution in [3.05, 3.63) is 29.8 Å². The first-order valence-corrected chi connectivity index (χ1v) is 13.3. The van der Waals surface area contributed by atoms with E-state index < -0.39 is 11.7 Å². The van der Waals surface area contributed by atoms with E-state index in [2.05, 4.69) is 36.5 Å². The van der Waals surface area contributed by atoms with Gasteiger partial charge >= 0.3 is 6.18 Å². The van der Waals surface area contributed by atoms with Gasteiger partial charge in [0.25, 0.3) is 0 Å². The molecule has 10 heteroatoms. The van der Waals surface area contributed by atoms with Crippen LogP contribution in [0.2, 0.25) is 0 Å². The minimum Gasteiger partial charge on any atom is -0.367 e. The van der Waals surface area contributed by atoms with Crippen molar-refractivity contribution in [1.82, 2.24) is 19.7 Å². The quantitative estimate of drug-likeness (QED) is 0.417. The van der Waals surface area contributed by atoms with Gasteiger partial charge in [0.1, 0.15) is 0 Å².